The number of hydrogen-bond donors (Lipinski definition) is 1. The minimum Gasteiger partial charge on any atom is -0.492 e. The molecule has 0 fully saturated rings. The molecule has 0 aromatic heterocycles. The normalized spacial score (nSPS) is 11.3. The van der Waals surface area contributed by atoms with E-state index in [0.29, 0.717) is 31.1 Å². The molecular formula is C18H28N2O6S2. The van der Waals surface area contributed by atoms with Gasteiger partial charge in [0.1, 0.15) is 10.6 Å². The molecule has 0 radical (unpaired) electrons. The van der Waals surface area contributed by atoms with E-state index >= 15 is 0 Å². The third-order valence-electron chi connectivity index (χ3n) is 3.77. The Balaban J connectivity index is 2.92. The summed E-state index contributed by atoms with van der Waals surface area (Å²) in [5.41, 5.74) is 0.372. The van der Waals surface area contributed by atoms with E-state index in [1.807, 2.05) is 0 Å². The predicted octanol–water partition coefficient (Wildman–Crippen LogP) is 2.35. The lowest BCUT2D eigenvalue weighted by Gasteiger charge is -2.21. The lowest BCUT2D eigenvalue weighted by molar-refractivity contribution is -0.137. The second-order valence-corrected chi connectivity index (χ2v) is 8.62. The van der Waals surface area contributed by atoms with Gasteiger partial charge >= 0.3 is 5.97 Å². The number of esters is 1. The van der Waals surface area contributed by atoms with Crippen molar-refractivity contribution in [3.05, 3.63) is 18.2 Å². The zero-order chi connectivity index (χ0) is 21.2. The molecule has 0 aliphatic heterocycles. The first kappa shape index (κ1) is 24.3. The maximum Gasteiger partial charge on any atom is 0.315 e. The third-order valence-corrected chi connectivity index (χ3v) is 6.78. The van der Waals surface area contributed by atoms with Gasteiger partial charge in [0.2, 0.25) is 15.9 Å². The van der Waals surface area contributed by atoms with Gasteiger partial charge in [-0.25, -0.2) is 8.42 Å². The highest BCUT2D eigenvalue weighted by molar-refractivity contribution is 7.99. The largest absolute Gasteiger partial charge is 0.492 e. The Hall–Kier alpha value is -1.78. The van der Waals surface area contributed by atoms with Crippen LogP contribution in [0.5, 0.6) is 5.75 Å². The lowest BCUT2D eigenvalue weighted by Crippen LogP contribution is -2.31. The molecule has 28 heavy (non-hydrogen) atoms. The molecule has 0 aliphatic rings. The van der Waals surface area contributed by atoms with Crippen molar-refractivity contribution in [2.24, 2.45) is 0 Å². The molecule has 0 atom stereocenters. The number of nitrogens with zero attached hydrogens (tertiary/aromatic N) is 1. The zero-order valence-corrected chi connectivity index (χ0v) is 18.3. The number of benzene rings is 1. The number of methoxy groups -OCH3 is 1. The smallest absolute Gasteiger partial charge is 0.315 e. The zero-order valence-electron chi connectivity index (χ0n) is 16.7. The molecule has 1 rings (SSSR count). The van der Waals surface area contributed by atoms with Crippen LogP contribution in [-0.2, 0) is 24.3 Å². The summed E-state index contributed by atoms with van der Waals surface area (Å²) in [5.74, 6) is 0.263. The van der Waals surface area contributed by atoms with E-state index in [-0.39, 0.29) is 34.7 Å². The average Bonchev–Trinajstić information content (AvgIpc) is 2.67. The van der Waals surface area contributed by atoms with E-state index in [4.69, 9.17) is 4.74 Å². The quantitative estimate of drug-likeness (QED) is 0.399. The first-order chi connectivity index (χ1) is 13.3. The van der Waals surface area contributed by atoms with E-state index < -0.39 is 10.0 Å². The number of hydrogen-bond acceptors (Lipinski definition) is 7. The minimum absolute atomic E-state index is 0.0240. The fraction of sp³-hybridized carbons (Fsp3) is 0.556. The van der Waals surface area contributed by atoms with Crippen LogP contribution in [0.4, 0.5) is 5.69 Å². The molecule has 0 saturated carbocycles. The van der Waals surface area contributed by atoms with E-state index in [1.165, 1.54) is 29.2 Å². The number of thioether (sulfide) groups is 1. The number of carbonyl (C=O) groups is 2. The highest BCUT2D eigenvalue weighted by Crippen LogP contribution is 2.30. The maximum atomic E-state index is 12.9. The molecule has 8 nitrogen and oxygen atoms in total. The van der Waals surface area contributed by atoms with Gasteiger partial charge in [-0.1, -0.05) is 13.8 Å². The Morgan fingerprint density at radius 2 is 1.86 bits per heavy atom. The monoisotopic (exact) mass is 432 g/mol. The first-order valence-corrected chi connectivity index (χ1v) is 11.6. The van der Waals surface area contributed by atoms with Crippen molar-refractivity contribution in [2.45, 2.75) is 32.1 Å². The van der Waals surface area contributed by atoms with E-state index in [2.05, 4.69) is 10.1 Å². The van der Waals surface area contributed by atoms with Crippen LogP contribution in [-0.4, -0.2) is 62.9 Å². The summed E-state index contributed by atoms with van der Waals surface area (Å²) in [4.78, 5) is 23.2. The second-order valence-electron chi connectivity index (χ2n) is 5.61. The van der Waals surface area contributed by atoms with Crippen LogP contribution in [0.1, 0.15) is 27.2 Å². The van der Waals surface area contributed by atoms with E-state index in [0.717, 1.165) is 0 Å². The van der Waals surface area contributed by atoms with Crippen molar-refractivity contribution >= 4 is 39.3 Å². The predicted molar refractivity (Wildman–Crippen MR) is 110 cm³/mol. The van der Waals surface area contributed by atoms with Crippen LogP contribution in [0.3, 0.4) is 0 Å². The van der Waals surface area contributed by atoms with Gasteiger partial charge < -0.3 is 14.8 Å². The molecule has 1 aromatic rings. The molecule has 1 aromatic carbocycles. The molecular weight excluding hydrogens is 404 g/mol. The summed E-state index contributed by atoms with van der Waals surface area (Å²) in [6.07, 6.45) is 0.188. The minimum atomic E-state index is -3.74. The number of carbonyl (C=O) groups excluding carboxylic acids is 2. The molecule has 0 spiro atoms. The van der Waals surface area contributed by atoms with Crippen molar-refractivity contribution < 1.29 is 27.5 Å². The molecule has 10 heteroatoms. The second kappa shape index (κ2) is 11.9. The topological polar surface area (TPSA) is 102 Å². The number of nitrogens with one attached hydrogen (secondary N) is 1. The van der Waals surface area contributed by atoms with Gasteiger partial charge in [0.05, 0.1) is 19.5 Å². The molecule has 1 amide bonds. The fourth-order valence-corrected chi connectivity index (χ4v) is 4.74. The number of ether oxygens (including phenoxy) is 2. The van der Waals surface area contributed by atoms with Crippen molar-refractivity contribution in [1.82, 2.24) is 4.31 Å². The van der Waals surface area contributed by atoms with Crippen LogP contribution in [0, 0.1) is 0 Å². The summed E-state index contributed by atoms with van der Waals surface area (Å²) in [6, 6.07) is 4.56. The van der Waals surface area contributed by atoms with Crippen LogP contribution >= 0.6 is 11.8 Å². The van der Waals surface area contributed by atoms with Crippen LogP contribution < -0.4 is 10.1 Å². The summed E-state index contributed by atoms with van der Waals surface area (Å²) in [7, 11) is -2.43. The van der Waals surface area contributed by atoms with Gasteiger partial charge in [-0.15, -0.1) is 11.8 Å². The van der Waals surface area contributed by atoms with E-state index in [9.17, 15) is 18.0 Å². The Morgan fingerprint density at radius 1 is 1.18 bits per heavy atom. The summed E-state index contributed by atoms with van der Waals surface area (Å²) < 4.78 is 37.2. The molecule has 0 aliphatic carbocycles. The highest BCUT2D eigenvalue weighted by atomic mass is 32.2. The van der Waals surface area contributed by atoms with Crippen LogP contribution in [0.2, 0.25) is 0 Å². The Labute approximate surface area is 171 Å². The third kappa shape index (κ3) is 6.99. The standard InChI is InChI=1S/C18H28N2O6S2/c1-5-20(6-2)28(23,24)16-12-14(8-9-15(16)26-7-3)19-17(21)10-11-27-13-18(22)25-4/h8-9,12H,5-7,10-11,13H2,1-4H3,(H,19,21). The van der Waals surface area contributed by atoms with Gasteiger partial charge in [0.15, 0.2) is 0 Å². The summed E-state index contributed by atoms with van der Waals surface area (Å²) in [5, 5.41) is 2.69. The van der Waals surface area contributed by atoms with Crippen molar-refractivity contribution in [3.8, 4) is 5.75 Å². The van der Waals surface area contributed by atoms with E-state index in [1.54, 1.807) is 32.9 Å². The van der Waals surface area contributed by atoms with Gasteiger partial charge in [-0.05, 0) is 25.1 Å². The molecule has 0 saturated heterocycles. The van der Waals surface area contributed by atoms with Gasteiger partial charge in [-0.2, -0.15) is 4.31 Å². The highest BCUT2D eigenvalue weighted by Gasteiger charge is 2.26. The summed E-state index contributed by atoms with van der Waals surface area (Å²) >= 11 is 1.29. The number of sulfonamides is 1. The summed E-state index contributed by atoms with van der Waals surface area (Å²) in [6.45, 7) is 6.29. The van der Waals surface area contributed by atoms with Crippen LogP contribution in [0.25, 0.3) is 0 Å². The van der Waals surface area contributed by atoms with Gasteiger partial charge in [0, 0.05) is 31.0 Å². The number of amides is 1. The lowest BCUT2D eigenvalue weighted by atomic mass is 10.3. The van der Waals surface area contributed by atoms with Crippen molar-refractivity contribution in [3.63, 3.8) is 0 Å². The van der Waals surface area contributed by atoms with Gasteiger partial charge in [0.25, 0.3) is 0 Å². The van der Waals surface area contributed by atoms with Crippen LogP contribution in [0.15, 0.2) is 23.1 Å². The van der Waals surface area contributed by atoms with Crippen molar-refractivity contribution in [2.75, 3.05) is 43.6 Å². The Morgan fingerprint density at radius 3 is 2.43 bits per heavy atom. The fourth-order valence-electron chi connectivity index (χ4n) is 2.37. The number of rotatable bonds is 12. The molecule has 0 heterocycles. The Kier molecular flexibility index (Phi) is 10.3. The number of anilines is 1. The average molecular weight is 433 g/mol. The maximum absolute atomic E-state index is 12.9. The van der Waals surface area contributed by atoms with Gasteiger partial charge in [-0.3, -0.25) is 9.59 Å². The molecule has 0 unspecified atom stereocenters. The molecule has 1 N–H and O–H groups in total. The first-order valence-electron chi connectivity index (χ1n) is 9.01. The van der Waals surface area contributed by atoms with Crippen molar-refractivity contribution in [1.29, 1.82) is 0 Å². The molecule has 0 bridgehead atoms. The SMILES string of the molecule is CCOc1ccc(NC(=O)CCSCC(=O)OC)cc1S(=O)(=O)N(CC)CC. The molecule has 158 valence electrons. The Bertz CT molecular complexity index is 763.